The fraction of sp³-hybridized carbons (Fsp3) is 0.394. The van der Waals surface area contributed by atoms with Gasteiger partial charge in [0.2, 0.25) is 0 Å². The predicted octanol–water partition coefficient (Wildman–Crippen LogP) is 8.88. The minimum Gasteiger partial charge on any atom is -0.361 e. The molecule has 4 aromatic rings. The average Bonchev–Trinajstić information content (AvgIpc) is 3.55. The molecule has 0 aliphatic heterocycles. The average molecular weight is 531 g/mol. The van der Waals surface area contributed by atoms with Gasteiger partial charge in [-0.15, -0.1) is 0 Å². The normalized spacial score (nSPS) is 13.0. The summed E-state index contributed by atoms with van der Waals surface area (Å²) in [6.07, 6.45) is 6.30. The molecule has 4 heteroatoms. The molecular formula is C33H44N2P2. The molecule has 0 aliphatic rings. The van der Waals surface area contributed by atoms with E-state index in [1.54, 1.807) is 0 Å². The molecule has 0 bridgehead atoms. The van der Waals surface area contributed by atoms with Crippen LogP contribution in [0, 0.1) is 0 Å². The highest BCUT2D eigenvalue weighted by Crippen LogP contribution is 2.61. The van der Waals surface area contributed by atoms with Gasteiger partial charge >= 0.3 is 0 Å². The maximum Gasteiger partial charge on any atom is 0.0448 e. The van der Waals surface area contributed by atoms with Crippen LogP contribution in [0.2, 0.25) is 0 Å². The number of benzene rings is 2. The molecule has 0 spiro atoms. The third kappa shape index (κ3) is 6.47. The van der Waals surface area contributed by atoms with Crippen LogP contribution < -0.4 is 10.9 Å². The third-order valence-corrected chi connectivity index (χ3v) is 13.7. The van der Waals surface area contributed by atoms with Crippen LogP contribution in [0.5, 0.6) is 0 Å². The summed E-state index contributed by atoms with van der Waals surface area (Å²) in [6.45, 7) is 19.3. The van der Waals surface area contributed by atoms with Crippen LogP contribution in [0.1, 0.15) is 77.6 Å². The van der Waals surface area contributed by atoms with Crippen molar-refractivity contribution in [2.45, 2.75) is 83.4 Å². The van der Waals surface area contributed by atoms with Crippen molar-refractivity contribution in [2.24, 2.45) is 0 Å². The van der Waals surface area contributed by atoms with Gasteiger partial charge in [-0.1, -0.05) is 112 Å². The molecule has 0 amide bonds. The van der Waals surface area contributed by atoms with Crippen LogP contribution >= 0.6 is 15.8 Å². The lowest BCUT2D eigenvalue weighted by Crippen LogP contribution is -2.26. The van der Waals surface area contributed by atoms with Gasteiger partial charge in [-0.05, 0) is 70.9 Å². The quantitative estimate of drug-likeness (QED) is 0.213. The Kier molecular flexibility index (Phi) is 8.23. The van der Waals surface area contributed by atoms with Crippen molar-refractivity contribution >= 4 is 26.7 Å². The Morgan fingerprint density at radius 1 is 0.568 bits per heavy atom. The molecule has 196 valence electrons. The van der Waals surface area contributed by atoms with Crippen LogP contribution in [0.15, 0.2) is 85.2 Å². The van der Waals surface area contributed by atoms with E-state index in [1.807, 2.05) is 0 Å². The van der Waals surface area contributed by atoms with E-state index in [0.717, 1.165) is 12.3 Å². The first-order valence-corrected chi connectivity index (χ1v) is 16.4. The summed E-state index contributed by atoms with van der Waals surface area (Å²) in [6, 6.07) is 27.1. The Morgan fingerprint density at radius 2 is 1.14 bits per heavy atom. The smallest absolute Gasteiger partial charge is 0.0448 e. The minimum atomic E-state index is -0.557. The molecule has 0 saturated heterocycles. The lowest BCUT2D eigenvalue weighted by atomic mass is 9.77. The SMILES string of the molecule is CC(C)(c1ccccc1)c1ccc(CP(C(C)(C)C)C(C)(C)C)c(CP(c2ccc[nH]2)c2ccc[nH]2)c1. The minimum absolute atomic E-state index is 0.0606. The van der Waals surface area contributed by atoms with Crippen LogP contribution in [-0.2, 0) is 17.7 Å². The topological polar surface area (TPSA) is 31.6 Å². The maximum atomic E-state index is 3.54. The van der Waals surface area contributed by atoms with E-state index >= 15 is 0 Å². The van der Waals surface area contributed by atoms with Crippen molar-refractivity contribution in [1.29, 1.82) is 0 Å². The molecule has 2 nitrogen and oxygen atoms in total. The van der Waals surface area contributed by atoms with Gasteiger partial charge in [0.05, 0.1) is 0 Å². The molecule has 2 heterocycles. The highest BCUT2D eigenvalue weighted by atomic mass is 31.1. The third-order valence-electron chi connectivity index (χ3n) is 7.44. The Balaban J connectivity index is 1.82. The number of aromatic nitrogens is 2. The summed E-state index contributed by atoms with van der Waals surface area (Å²) in [5, 5.41) is 0.576. The largest absolute Gasteiger partial charge is 0.361 e. The number of aromatic amines is 2. The summed E-state index contributed by atoms with van der Waals surface area (Å²) in [7, 11) is -0.797. The maximum absolute atomic E-state index is 3.54. The van der Waals surface area contributed by atoms with Gasteiger partial charge in [0.1, 0.15) is 0 Å². The van der Waals surface area contributed by atoms with Gasteiger partial charge in [-0.2, -0.15) is 0 Å². The molecule has 0 fully saturated rings. The van der Waals surface area contributed by atoms with Crippen molar-refractivity contribution in [2.75, 3.05) is 0 Å². The molecule has 2 aromatic carbocycles. The summed E-state index contributed by atoms with van der Waals surface area (Å²) >= 11 is 0. The molecule has 4 rings (SSSR count). The lowest BCUT2D eigenvalue weighted by molar-refractivity contribution is 0.639. The van der Waals surface area contributed by atoms with E-state index in [4.69, 9.17) is 0 Å². The molecule has 2 N–H and O–H groups in total. The second-order valence-corrected chi connectivity index (χ2v) is 18.6. The zero-order valence-electron chi connectivity index (χ0n) is 23.9. The molecule has 37 heavy (non-hydrogen) atoms. The van der Waals surface area contributed by atoms with E-state index in [1.165, 1.54) is 33.1 Å². The van der Waals surface area contributed by atoms with Gasteiger partial charge in [0.25, 0.3) is 0 Å². The van der Waals surface area contributed by atoms with Crippen LogP contribution in [0.3, 0.4) is 0 Å². The monoisotopic (exact) mass is 530 g/mol. The zero-order valence-corrected chi connectivity index (χ0v) is 25.7. The zero-order chi connectivity index (χ0) is 26.8. The van der Waals surface area contributed by atoms with Crippen LogP contribution in [0.25, 0.3) is 0 Å². The number of nitrogens with one attached hydrogen (secondary N) is 2. The molecule has 0 saturated carbocycles. The second-order valence-electron chi connectivity index (χ2n) is 12.6. The van der Waals surface area contributed by atoms with Crippen molar-refractivity contribution in [3.05, 3.63) is 107 Å². The fourth-order valence-electron chi connectivity index (χ4n) is 5.44. The molecule has 0 atom stereocenters. The summed E-state index contributed by atoms with van der Waals surface area (Å²) in [5.74, 6) is 0. The Bertz CT molecular complexity index is 1210. The van der Waals surface area contributed by atoms with Gasteiger partial charge in [0.15, 0.2) is 0 Å². The van der Waals surface area contributed by atoms with Crippen LogP contribution in [-0.4, -0.2) is 20.3 Å². The highest BCUT2D eigenvalue weighted by molar-refractivity contribution is 7.71. The number of rotatable bonds is 8. The number of H-pyrrole nitrogens is 2. The van der Waals surface area contributed by atoms with E-state index in [0.29, 0.717) is 0 Å². The van der Waals surface area contributed by atoms with E-state index in [2.05, 4.69) is 151 Å². The molecule has 2 aromatic heterocycles. The Labute approximate surface area is 227 Å². The summed E-state index contributed by atoms with van der Waals surface area (Å²) in [5.41, 5.74) is 8.36. The van der Waals surface area contributed by atoms with Gasteiger partial charge < -0.3 is 9.97 Å². The van der Waals surface area contributed by atoms with Crippen LogP contribution in [0.4, 0.5) is 0 Å². The molecule has 0 unspecified atom stereocenters. The molecule has 0 aliphatic carbocycles. The van der Waals surface area contributed by atoms with Crippen molar-refractivity contribution in [3.8, 4) is 0 Å². The van der Waals surface area contributed by atoms with E-state index in [9.17, 15) is 0 Å². The van der Waals surface area contributed by atoms with Gasteiger partial charge in [-0.3, -0.25) is 0 Å². The standard InChI is InChI=1S/C33H44N2P2/c1-31(2,3)37(32(4,5)6)24-25-18-19-28(33(7,8)27-14-10-9-11-15-27)22-26(25)23-36(29-16-12-20-34-29)30-17-13-21-35-30/h9-22,34-35H,23-24H2,1-8H3. The predicted molar refractivity (Wildman–Crippen MR) is 167 cm³/mol. The van der Waals surface area contributed by atoms with Gasteiger partial charge in [0, 0.05) is 34.8 Å². The van der Waals surface area contributed by atoms with E-state index < -0.39 is 7.92 Å². The van der Waals surface area contributed by atoms with E-state index in [-0.39, 0.29) is 23.6 Å². The Hall–Kier alpha value is -2.14. The highest BCUT2D eigenvalue weighted by Gasteiger charge is 2.35. The summed E-state index contributed by atoms with van der Waals surface area (Å²) < 4.78 is 0. The lowest BCUT2D eigenvalue weighted by Gasteiger charge is -2.42. The van der Waals surface area contributed by atoms with Crippen molar-refractivity contribution in [1.82, 2.24) is 9.97 Å². The second kappa shape index (κ2) is 10.9. The van der Waals surface area contributed by atoms with Crippen molar-refractivity contribution in [3.63, 3.8) is 0 Å². The summed E-state index contributed by atoms with van der Waals surface area (Å²) in [4.78, 5) is 7.08. The first kappa shape index (κ1) is 27.9. The molecule has 0 radical (unpaired) electrons. The van der Waals surface area contributed by atoms with Gasteiger partial charge in [-0.25, -0.2) is 0 Å². The number of hydrogen-bond acceptors (Lipinski definition) is 0. The first-order chi connectivity index (χ1) is 17.4. The Morgan fingerprint density at radius 3 is 1.62 bits per heavy atom. The van der Waals surface area contributed by atoms with Crippen molar-refractivity contribution < 1.29 is 0 Å². The number of hydrogen-bond donors (Lipinski definition) is 2. The first-order valence-electron chi connectivity index (χ1n) is 13.4. The molecular weight excluding hydrogens is 486 g/mol. The fourth-order valence-corrected chi connectivity index (χ4v) is 11.3.